The molecular weight excluding hydrogens is 250 g/mol. The van der Waals surface area contributed by atoms with Gasteiger partial charge in [0.1, 0.15) is 0 Å². The molecule has 0 spiro atoms. The van der Waals surface area contributed by atoms with Crippen molar-refractivity contribution in [2.75, 3.05) is 19.6 Å². The van der Waals surface area contributed by atoms with E-state index in [2.05, 4.69) is 29.6 Å². The lowest BCUT2D eigenvalue weighted by Crippen LogP contribution is -2.72. The molecule has 1 heterocycles. The van der Waals surface area contributed by atoms with Gasteiger partial charge >= 0.3 is 0 Å². The Hall–Kier alpha value is 0.0969. The molecular formula is C15H33N3Si. The molecule has 4 heteroatoms. The number of nitrogens with zero attached hydrogens (tertiary/aromatic N) is 1. The van der Waals surface area contributed by atoms with Crippen LogP contribution in [0.1, 0.15) is 58.8 Å². The molecule has 0 aromatic heterocycles. The minimum atomic E-state index is 0.300. The predicted molar refractivity (Wildman–Crippen MR) is 86.0 cm³/mol. The van der Waals surface area contributed by atoms with Crippen LogP contribution in [0.4, 0.5) is 0 Å². The second kappa shape index (κ2) is 7.20. The van der Waals surface area contributed by atoms with Crippen LogP contribution in [0.3, 0.4) is 0 Å². The maximum Gasteiger partial charge on any atom is 0.0661 e. The normalized spacial score (nSPS) is 36.3. The average Bonchev–Trinajstić information content (AvgIpc) is 2.45. The zero-order chi connectivity index (χ0) is 13.7. The van der Waals surface area contributed by atoms with Crippen LogP contribution in [0.15, 0.2) is 0 Å². The highest BCUT2D eigenvalue weighted by atomic mass is 28.1. The summed E-state index contributed by atoms with van der Waals surface area (Å²) in [5.41, 5.74) is 3.71. The van der Waals surface area contributed by atoms with Crippen LogP contribution in [0.25, 0.3) is 0 Å². The van der Waals surface area contributed by atoms with E-state index in [4.69, 9.17) is 0 Å². The first-order chi connectivity index (χ1) is 9.22. The Morgan fingerprint density at radius 1 is 1.11 bits per heavy atom. The van der Waals surface area contributed by atoms with E-state index < -0.39 is 0 Å². The van der Waals surface area contributed by atoms with Crippen LogP contribution in [-0.4, -0.2) is 40.2 Å². The van der Waals surface area contributed by atoms with Gasteiger partial charge in [-0.1, -0.05) is 33.1 Å². The summed E-state index contributed by atoms with van der Waals surface area (Å²) in [5, 5.41) is 6.82. The molecule has 1 saturated heterocycles. The van der Waals surface area contributed by atoms with Gasteiger partial charge in [-0.2, -0.15) is 0 Å². The molecule has 2 aliphatic rings. The van der Waals surface area contributed by atoms with Crippen molar-refractivity contribution in [1.29, 1.82) is 0 Å². The summed E-state index contributed by atoms with van der Waals surface area (Å²) in [6, 6.07) is 0. The van der Waals surface area contributed by atoms with Crippen LogP contribution in [-0.2, 0) is 0 Å². The van der Waals surface area contributed by atoms with Crippen LogP contribution < -0.4 is 10.7 Å². The van der Waals surface area contributed by atoms with E-state index in [1.807, 2.05) is 0 Å². The Bertz CT molecular complexity index is 274. The quantitative estimate of drug-likeness (QED) is 0.722. The molecule has 3 nitrogen and oxygen atoms in total. The molecule has 0 aromatic carbocycles. The summed E-state index contributed by atoms with van der Waals surface area (Å²) < 4.78 is 0. The minimum absolute atomic E-state index is 0.300. The highest BCUT2D eigenvalue weighted by Gasteiger charge is 2.46. The highest BCUT2D eigenvalue weighted by molar-refractivity contribution is 6.15. The molecule has 1 aliphatic carbocycles. The molecule has 0 amide bonds. The second-order valence-corrected chi connectivity index (χ2v) is 8.10. The molecule has 3 atom stereocenters. The third-order valence-corrected chi connectivity index (χ3v) is 6.84. The lowest BCUT2D eigenvalue weighted by atomic mass is 9.73. The van der Waals surface area contributed by atoms with Crippen molar-refractivity contribution < 1.29 is 0 Å². The SMILES string of the molecule is CCCNN1CCC2CCCCC2C1([SiH3])NCCC. The summed E-state index contributed by atoms with van der Waals surface area (Å²) in [6.45, 7) is 8.06. The lowest BCUT2D eigenvalue weighted by Gasteiger charge is -2.55. The second-order valence-electron chi connectivity index (χ2n) is 6.57. The van der Waals surface area contributed by atoms with Gasteiger partial charge in [0.25, 0.3) is 0 Å². The summed E-state index contributed by atoms with van der Waals surface area (Å²) in [6.07, 6.45) is 9.69. The molecule has 2 fully saturated rings. The van der Waals surface area contributed by atoms with E-state index in [0.29, 0.717) is 5.29 Å². The lowest BCUT2D eigenvalue weighted by molar-refractivity contribution is -0.0550. The number of nitrogens with one attached hydrogen (secondary N) is 2. The van der Waals surface area contributed by atoms with E-state index in [1.54, 1.807) is 0 Å². The smallest absolute Gasteiger partial charge is 0.0661 e. The Kier molecular flexibility index (Phi) is 5.87. The number of hydrogen-bond donors (Lipinski definition) is 2. The van der Waals surface area contributed by atoms with Crippen molar-refractivity contribution in [3.63, 3.8) is 0 Å². The molecule has 1 aliphatic heterocycles. The summed E-state index contributed by atoms with van der Waals surface area (Å²) in [5.74, 6) is 1.87. The maximum atomic E-state index is 3.93. The summed E-state index contributed by atoms with van der Waals surface area (Å²) in [7, 11) is 1.22. The largest absolute Gasteiger partial charge is 0.302 e. The Balaban J connectivity index is 2.09. The van der Waals surface area contributed by atoms with Gasteiger partial charge in [0.05, 0.1) is 5.29 Å². The average molecular weight is 284 g/mol. The third kappa shape index (κ3) is 3.41. The first kappa shape index (κ1) is 15.5. The number of fused-ring (bicyclic) bond motifs is 1. The number of rotatable bonds is 6. The molecule has 2 rings (SSSR count). The zero-order valence-electron chi connectivity index (χ0n) is 13.2. The van der Waals surface area contributed by atoms with Crippen molar-refractivity contribution in [2.45, 2.75) is 64.1 Å². The molecule has 112 valence electrons. The summed E-state index contributed by atoms with van der Waals surface area (Å²) in [4.78, 5) is 0. The Morgan fingerprint density at radius 2 is 1.84 bits per heavy atom. The fourth-order valence-electron chi connectivity index (χ4n) is 4.12. The maximum absolute atomic E-state index is 3.93. The molecule has 3 unspecified atom stereocenters. The van der Waals surface area contributed by atoms with Gasteiger partial charge < -0.3 is 5.32 Å². The van der Waals surface area contributed by atoms with E-state index in [-0.39, 0.29) is 0 Å². The van der Waals surface area contributed by atoms with Crippen molar-refractivity contribution in [1.82, 2.24) is 15.8 Å². The molecule has 2 N–H and O–H groups in total. The molecule has 19 heavy (non-hydrogen) atoms. The van der Waals surface area contributed by atoms with Crippen LogP contribution in [0, 0.1) is 11.8 Å². The van der Waals surface area contributed by atoms with Gasteiger partial charge in [0, 0.05) is 23.3 Å². The Labute approximate surface area is 122 Å². The first-order valence-electron chi connectivity index (χ1n) is 8.48. The summed E-state index contributed by atoms with van der Waals surface area (Å²) >= 11 is 0. The van der Waals surface area contributed by atoms with Crippen molar-refractivity contribution in [3.05, 3.63) is 0 Å². The molecule has 0 radical (unpaired) electrons. The third-order valence-electron chi connectivity index (χ3n) is 5.20. The van der Waals surface area contributed by atoms with Crippen LogP contribution in [0.5, 0.6) is 0 Å². The Morgan fingerprint density at radius 3 is 2.58 bits per heavy atom. The van der Waals surface area contributed by atoms with E-state index >= 15 is 0 Å². The molecule has 0 aromatic rings. The standard InChI is InChI=1S/C15H33N3Si/c1-3-10-16-15(19)14-8-6-5-7-13(14)9-12-18(15)17-11-4-2/h13-14,16-17H,3-12H2,1-2,19H3. The van der Waals surface area contributed by atoms with Gasteiger partial charge in [-0.3, -0.25) is 5.43 Å². The molecule has 1 saturated carbocycles. The van der Waals surface area contributed by atoms with Gasteiger partial charge in [0.2, 0.25) is 0 Å². The number of piperidine rings is 1. The zero-order valence-corrected chi connectivity index (χ0v) is 15.2. The fraction of sp³-hybridized carbons (Fsp3) is 1.00. The van der Waals surface area contributed by atoms with Crippen LogP contribution >= 0.6 is 0 Å². The first-order valence-corrected chi connectivity index (χ1v) is 9.48. The highest BCUT2D eigenvalue weighted by Crippen LogP contribution is 2.42. The van der Waals surface area contributed by atoms with E-state index in [0.717, 1.165) is 24.9 Å². The predicted octanol–water partition coefficient (Wildman–Crippen LogP) is 1.43. The van der Waals surface area contributed by atoms with E-state index in [9.17, 15) is 0 Å². The fourth-order valence-corrected chi connectivity index (χ4v) is 5.51. The number of hydrazine groups is 1. The topological polar surface area (TPSA) is 27.3 Å². The molecule has 0 bridgehead atoms. The minimum Gasteiger partial charge on any atom is -0.302 e. The van der Waals surface area contributed by atoms with Gasteiger partial charge in [-0.15, -0.1) is 0 Å². The van der Waals surface area contributed by atoms with Crippen LogP contribution in [0.2, 0.25) is 0 Å². The number of hydrogen-bond acceptors (Lipinski definition) is 3. The van der Waals surface area contributed by atoms with E-state index in [1.165, 1.54) is 61.7 Å². The van der Waals surface area contributed by atoms with Gasteiger partial charge in [-0.25, -0.2) is 5.01 Å². The van der Waals surface area contributed by atoms with Crippen molar-refractivity contribution in [3.8, 4) is 0 Å². The van der Waals surface area contributed by atoms with Crippen molar-refractivity contribution >= 4 is 10.2 Å². The van der Waals surface area contributed by atoms with Gasteiger partial charge in [0.15, 0.2) is 0 Å². The van der Waals surface area contributed by atoms with Crippen molar-refractivity contribution in [2.24, 2.45) is 11.8 Å². The van der Waals surface area contributed by atoms with Gasteiger partial charge in [-0.05, 0) is 44.1 Å². The monoisotopic (exact) mass is 283 g/mol.